The minimum atomic E-state index is -0.146. The molecule has 0 aliphatic heterocycles. The van der Waals surface area contributed by atoms with Gasteiger partial charge in [0.2, 0.25) is 0 Å². The summed E-state index contributed by atoms with van der Waals surface area (Å²) in [5.41, 5.74) is 1.97. The maximum atomic E-state index is 11.2. The van der Waals surface area contributed by atoms with Gasteiger partial charge in [0.25, 0.3) is 0 Å². The van der Waals surface area contributed by atoms with Crippen LogP contribution in [0.5, 0.6) is 0 Å². The predicted octanol–water partition coefficient (Wildman–Crippen LogP) is 1.77. The lowest BCUT2D eigenvalue weighted by atomic mass is 10.1. The van der Waals surface area contributed by atoms with E-state index < -0.39 is 0 Å². The van der Waals surface area contributed by atoms with E-state index in [-0.39, 0.29) is 5.90 Å². The average molecular weight is 190 g/mol. The lowest BCUT2D eigenvalue weighted by Crippen LogP contribution is -2.18. The average Bonchev–Trinajstić information content (AvgIpc) is 2.26. The second-order valence-corrected chi connectivity index (χ2v) is 3.33. The van der Waals surface area contributed by atoms with Gasteiger partial charge in [-0.15, -0.1) is 0 Å². The summed E-state index contributed by atoms with van der Waals surface area (Å²) in [6.07, 6.45) is 3.49. The summed E-state index contributed by atoms with van der Waals surface area (Å²) in [6.45, 7) is 2.17. The molecule has 0 fully saturated rings. The van der Waals surface area contributed by atoms with Crippen molar-refractivity contribution in [3.05, 3.63) is 35.4 Å². The highest BCUT2D eigenvalue weighted by Crippen LogP contribution is 2.07. The van der Waals surface area contributed by atoms with E-state index in [0.29, 0.717) is 5.56 Å². The van der Waals surface area contributed by atoms with Crippen molar-refractivity contribution in [2.45, 2.75) is 26.2 Å². The number of unbranched alkanes of at least 4 members (excludes halogenated alkanes) is 1. The standard InChI is InChI=1S/C12H17NO/c1-3-4-5-10-6-8-11(9-7-10)12(14)13-2/h6-9H,3-5H2,1-2H3,(H,13,14)/p-1. The van der Waals surface area contributed by atoms with Crippen LogP contribution < -0.4 is 5.11 Å². The van der Waals surface area contributed by atoms with E-state index in [4.69, 9.17) is 0 Å². The summed E-state index contributed by atoms with van der Waals surface area (Å²) in [4.78, 5) is 3.61. The molecule has 1 aromatic carbocycles. The number of aliphatic imine (C=N–C) groups is 1. The van der Waals surface area contributed by atoms with Crippen LogP contribution in [0.4, 0.5) is 0 Å². The maximum Gasteiger partial charge on any atom is 0.0270 e. The van der Waals surface area contributed by atoms with Crippen molar-refractivity contribution in [3.8, 4) is 0 Å². The Morgan fingerprint density at radius 1 is 1.29 bits per heavy atom. The van der Waals surface area contributed by atoms with Gasteiger partial charge in [0.15, 0.2) is 0 Å². The SMILES string of the molecule is CCCCc1ccc(C([O-])=NC)cc1. The van der Waals surface area contributed by atoms with E-state index >= 15 is 0 Å². The Morgan fingerprint density at radius 2 is 1.93 bits per heavy atom. The summed E-state index contributed by atoms with van der Waals surface area (Å²) in [7, 11) is 1.52. The molecule has 14 heavy (non-hydrogen) atoms. The van der Waals surface area contributed by atoms with Crippen LogP contribution in [0, 0.1) is 0 Å². The number of rotatable bonds is 4. The van der Waals surface area contributed by atoms with Gasteiger partial charge in [0, 0.05) is 7.05 Å². The number of hydrogen-bond acceptors (Lipinski definition) is 2. The van der Waals surface area contributed by atoms with Gasteiger partial charge in [-0.1, -0.05) is 37.6 Å². The molecule has 0 saturated heterocycles. The molecule has 0 unspecified atom stereocenters. The molecule has 0 saturated carbocycles. The van der Waals surface area contributed by atoms with Crippen LogP contribution in [0.25, 0.3) is 0 Å². The minimum absolute atomic E-state index is 0.146. The first-order chi connectivity index (χ1) is 6.77. The topological polar surface area (TPSA) is 35.4 Å². The van der Waals surface area contributed by atoms with Gasteiger partial charge < -0.3 is 10.1 Å². The second-order valence-electron chi connectivity index (χ2n) is 3.33. The Balaban J connectivity index is 2.68. The van der Waals surface area contributed by atoms with E-state index in [0.717, 1.165) is 6.42 Å². The summed E-state index contributed by atoms with van der Waals surface area (Å²) in [5.74, 6) is -0.146. The third-order valence-corrected chi connectivity index (χ3v) is 2.22. The Bertz CT molecular complexity index is 301. The van der Waals surface area contributed by atoms with Gasteiger partial charge in [0.05, 0.1) is 0 Å². The van der Waals surface area contributed by atoms with Crippen LogP contribution >= 0.6 is 0 Å². The molecule has 1 aromatic rings. The Morgan fingerprint density at radius 3 is 2.43 bits per heavy atom. The molecule has 2 heteroatoms. The molecule has 0 bridgehead atoms. The first-order valence-electron chi connectivity index (χ1n) is 5.01. The molecule has 1 rings (SSSR count). The largest absolute Gasteiger partial charge is 0.859 e. The van der Waals surface area contributed by atoms with Gasteiger partial charge in [0.1, 0.15) is 0 Å². The smallest absolute Gasteiger partial charge is 0.0270 e. The number of aryl methyl sites for hydroxylation is 1. The second kappa shape index (κ2) is 5.43. The number of hydrogen-bond donors (Lipinski definition) is 0. The zero-order valence-corrected chi connectivity index (χ0v) is 8.79. The fraction of sp³-hybridized carbons (Fsp3) is 0.417. The van der Waals surface area contributed by atoms with Crippen molar-refractivity contribution in [2.75, 3.05) is 7.05 Å². The predicted molar refractivity (Wildman–Crippen MR) is 57.5 cm³/mol. The maximum absolute atomic E-state index is 11.2. The zero-order chi connectivity index (χ0) is 10.4. The normalized spacial score (nSPS) is 11.7. The van der Waals surface area contributed by atoms with Crippen molar-refractivity contribution < 1.29 is 5.11 Å². The molecule has 0 N–H and O–H groups in total. The highest BCUT2D eigenvalue weighted by atomic mass is 16.3. The van der Waals surface area contributed by atoms with E-state index in [1.807, 2.05) is 24.3 Å². The Kier molecular flexibility index (Phi) is 4.17. The van der Waals surface area contributed by atoms with E-state index in [9.17, 15) is 5.11 Å². The Hall–Kier alpha value is -1.31. The Labute approximate surface area is 85.3 Å². The number of benzene rings is 1. The monoisotopic (exact) mass is 190 g/mol. The van der Waals surface area contributed by atoms with E-state index in [1.165, 1.54) is 25.5 Å². The van der Waals surface area contributed by atoms with Crippen molar-refractivity contribution in [1.29, 1.82) is 0 Å². The highest BCUT2D eigenvalue weighted by molar-refractivity contribution is 5.90. The fourth-order valence-corrected chi connectivity index (χ4v) is 1.32. The van der Waals surface area contributed by atoms with Crippen LogP contribution in [0.3, 0.4) is 0 Å². The fourth-order valence-electron chi connectivity index (χ4n) is 1.32. The van der Waals surface area contributed by atoms with Crippen molar-refractivity contribution >= 4 is 5.90 Å². The van der Waals surface area contributed by atoms with Crippen LogP contribution in [0.2, 0.25) is 0 Å². The first kappa shape index (κ1) is 10.8. The molecule has 0 spiro atoms. The molecule has 0 atom stereocenters. The van der Waals surface area contributed by atoms with Crippen molar-refractivity contribution in [3.63, 3.8) is 0 Å². The molecule has 0 amide bonds. The van der Waals surface area contributed by atoms with E-state index in [1.54, 1.807) is 0 Å². The lowest BCUT2D eigenvalue weighted by Gasteiger charge is -2.09. The van der Waals surface area contributed by atoms with Gasteiger partial charge in [-0.3, -0.25) is 0 Å². The molecule has 76 valence electrons. The van der Waals surface area contributed by atoms with Crippen LogP contribution in [0.15, 0.2) is 29.3 Å². The van der Waals surface area contributed by atoms with Gasteiger partial charge >= 0.3 is 0 Å². The molecule has 0 aliphatic rings. The summed E-state index contributed by atoms with van der Waals surface area (Å²) < 4.78 is 0. The van der Waals surface area contributed by atoms with Gasteiger partial charge in [-0.25, -0.2) is 0 Å². The minimum Gasteiger partial charge on any atom is -0.859 e. The number of nitrogens with zero attached hydrogens (tertiary/aromatic N) is 1. The molecule has 0 aliphatic carbocycles. The zero-order valence-electron chi connectivity index (χ0n) is 8.79. The van der Waals surface area contributed by atoms with Crippen molar-refractivity contribution in [1.82, 2.24) is 0 Å². The van der Waals surface area contributed by atoms with Crippen molar-refractivity contribution in [2.24, 2.45) is 4.99 Å². The quantitative estimate of drug-likeness (QED) is 0.526. The molecule has 2 nitrogen and oxygen atoms in total. The van der Waals surface area contributed by atoms with Crippen LogP contribution in [0.1, 0.15) is 30.9 Å². The summed E-state index contributed by atoms with van der Waals surface area (Å²) in [6, 6.07) is 7.71. The molecule has 0 radical (unpaired) electrons. The first-order valence-corrected chi connectivity index (χ1v) is 5.01. The van der Waals surface area contributed by atoms with Crippen LogP contribution in [-0.2, 0) is 6.42 Å². The molecular formula is C12H16NO-. The molecular weight excluding hydrogens is 174 g/mol. The van der Waals surface area contributed by atoms with Crippen LogP contribution in [-0.4, -0.2) is 12.9 Å². The summed E-state index contributed by atoms with van der Waals surface area (Å²) in [5, 5.41) is 11.2. The van der Waals surface area contributed by atoms with Gasteiger partial charge in [-0.2, -0.15) is 0 Å². The molecule has 0 heterocycles. The van der Waals surface area contributed by atoms with E-state index in [2.05, 4.69) is 11.9 Å². The third-order valence-electron chi connectivity index (χ3n) is 2.22. The lowest BCUT2D eigenvalue weighted by molar-refractivity contribution is -0.213. The van der Waals surface area contributed by atoms with Gasteiger partial charge in [-0.05, 0) is 29.9 Å². The third kappa shape index (κ3) is 2.87. The molecule has 0 aromatic heterocycles. The summed E-state index contributed by atoms with van der Waals surface area (Å²) >= 11 is 0. The highest BCUT2D eigenvalue weighted by Gasteiger charge is 1.93.